The van der Waals surface area contributed by atoms with Gasteiger partial charge in [-0.2, -0.15) is 0 Å². The van der Waals surface area contributed by atoms with Gasteiger partial charge in [0, 0.05) is 24.9 Å². The van der Waals surface area contributed by atoms with E-state index < -0.39 is 11.6 Å². The average molecular weight is 374 g/mol. The minimum absolute atomic E-state index is 0.0725. The standard InChI is InChI=1S/C20H26N2O5/c1-12(2)26-16-7-18-21-17(20-8-14(24-11-20)5-6-25-20)10-22(18)9-15(16)19(23)27-13(3)4/h7,9-10,12-14H,5-6,8,11H2,1-4H3/t14-,20+/m1/s1. The monoisotopic (exact) mass is 374 g/mol. The number of hydrogen-bond acceptors (Lipinski definition) is 6. The van der Waals surface area contributed by atoms with Gasteiger partial charge < -0.3 is 23.3 Å². The highest BCUT2D eigenvalue weighted by molar-refractivity contribution is 5.93. The molecule has 0 N–H and O–H groups in total. The van der Waals surface area contributed by atoms with Crippen LogP contribution in [0.3, 0.4) is 0 Å². The molecule has 2 aliphatic rings. The Morgan fingerprint density at radius 2 is 2.11 bits per heavy atom. The summed E-state index contributed by atoms with van der Waals surface area (Å²) in [6.45, 7) is 8.67. The first-order valence-electron chi connectivity index (χ1n) is 9.53. The van der Waals surface area contributed by atoms with Crippen LogP contribution >= 0.6 is 0 Å². The molecule has 0 unspecified atom stereocenters. The third kappa shape index (κ3) is 3.41. The molecule has 2 aromatic rings. The second kappa shape index (κ2) is 6.80. The van der Waals surface area contributed by atoms with Gasteiger partial charge in [0.1, 0.15) is 22.6 Å². The maximum atomic E-state index is 12.6. The van der Waals surface area contributed by atoms with Gasteiger partial charge in [-0.15, -0.1) is 0 Å². The first-order valence-corrected chi connectivity index (χ1v) is 9.53. The van der Waals surface area contributed by atoms with Crippen molar-refractivity contribution in [2.75, 3.05) is 13.2 Å². The summed E-state index contributed by atoms with van der Waals surface area (Å²) < 4.78 is 25.0. The summed E-state index contributed by atoms with van der Waals surface area (Å²) in [4.78, 5) is 17.3. The summed E-state index contributed by atoms with van der Waals surface area (Å²) in [5.74, 6) is 0.0667. The van der Waals surface area contributed by atoms with E-state index in [-0.39, 0.29) is 18.3 Å². The number of hydrogen-bond donors (Lipinski definition) is 0. The lowest BCUT2D eigenvalue weighted by Crippen LogP contribution is -2.34. The molecule has 7 nitrogen and oxygen atoms in total. The summed E-state index contributed by atoms with van der Waals surface area (Å²) in [7, 11) is 0. The summed E-state index contributed by atoms with van der Waals surface area (Å²) in [6.07, 6.45) is 5.33. The minimum Gasteiger partial charge on any atom is -0.490 e. The molecule has 146 valence electrons. The van der Waals surface area contributed by atoms with Gasteiger partial charge in [-0.3, -0.25) is 0 Å². The van der Waals surface area contributed by atoms with Gasteiger partial charge in [0.05, 0.1) is 37.2 Å². The Morgan fingerprint density at radius 3 is 2.85 bits per heavy atom. The van der Waals surface area contributed by atoms with E-state index in [9.17, 15) is 4.79 Å². The van der Waals surface area contributed by atoms with Crippen molar-refractivity contribution in [2.45, 2.75) is 64.4 Å². The van der Waals surface area contributed by atoms with Crippen molar-refractivity contribution in [1.82, 2.24) is 9.38 Å². The summed E-state index contributed by atoms with van der Waals surface area (Å²) >= 11 is 0. The molecule has 2 fully saturated rings. The average Bonchev–Trinajstić information content (AvgIpc) is 3.14. The van der Waals surface area contributed by atoms with E-state index in [0.29, 0.717) is 30.2 Å². The van der Waals surface area contributed by atoms with E-state index in [2.05, 4.69) is 0 Å². The summed E-state index contributed by atoms with van der Waals surface area (Å²) in [6, 6.07) is 1.78. The van der Waals surface area contributed by atoms with Crippen LogP contribution in [0, 0.1) is 0 Å². The van der Waals surface area contributed by atoms with Crippen LogP contribution in [0.2, 0.25) is 0 Å². The highest BCUT2D eigenvalue weighted by Gasteiger charge is 2.47. The topological polar surface area (TPSA) is 71.3 Å². The SMILES string of the molecule is CC(C)OC(=O)c1cn2cc([C@]34CO[C@H](CCO3)C4)nc2cc1OC(C)C. The molecule has 4 rings (SSSR count). The van der Waals surface area contributed by atoms with E-state index in [0.717, 1.165) is 18.5 Å². The number of nitrogens with zero attached hydrogens (tertiary/aromatic N) is 2. The largest absolute Gasteiger partial charge is 0.490 e. The van der Waals surface area contributed by atoms with Gasteiger partial charge in [-0.1, -0.05) is 0 Å². The highest BCUT2D eigenvalue weighted by Crippen LogP contribution is 2.42. The Morgan fingerprint density at radius 1 is 1.30 bits per heavy atom. The van der Waals surface area contributed by atoms with Gasteiger partial charge in [0.15, 0.2) is 0 Å². The van der Waals surface area contributed by atoms with Crippen molar-refractivity contribution in [3.05, 3.63) is 29.7 Å². The summed E-state index contributed by atoms with van der Waals surface area (Å²) in [5.41, 5.74) is 1.42. The number of pyridine rings is 1. The predicted molar refractivity (Wildman–Crippen MR) is 98.1 cm³/mol. The van der Waals surface area contributed by atoms with Crippen LogP contribution in [0.5, 0.6) is 5.75 Å². The molecule has 0 amide bonds. The van der Waals surface area contributed by atoms with Gasteiger partial charge in [-0.05, 0) is 34.1 Å². The van der Waals surface area contributed by atoms with E-state index in [1.54, 1.807) is 12.3 Å². The van der Waals surface area contributed by atoms with Crippen LogP contribution < -0.4 is 4.74 Å². The lowest BCUT2D eigenvalue weighted by atomic mass is 9.93. The third-order valence-corrected chi connectivity index (χ3v) is 4.87. The predicted octanol–water partition coefficient (Wildman–Crippen LogP) is 3.09. The maximum Gasteiger partial charge on any atom is 0.343 e. The molecule has 2 aromatic heterocycles. The van der Waals surface area contributed by atoms with Crippen molar-refractivity contribution in [3.8, 4) is 5.75 Å². The zero-order chi connectivity index (χ0) is 19.2. The first-order chi connectivity index (χ1) is 12.9. The molecule has 4 heterocycles. The number of carbonyl (C=O) groups excluding carboxylic acids is 1. The Hall–Kier alpha value is -2.12. The Labute approximate surface area is 158 Å². The molecule has 2 aliphatic heterocycles. The molecule has 2 atom stereocenters. The maximum absolute atomic E-state index is 12.6. The van der Waals surface area contributed by atoms with Crippen molar-refractivity contribution < 1.29 is 23.7 Å². The van der Waals surface area contributed by atoms with Gasteiger partial charge in [-0.25, -0.2) is 9.78 Å². The smallest absolute Gasteiger partial charge is 0.343 e. The van der Waals surface area contributed by atoms with Gasteiger partial charge >= 0.3 is 5.97 Å². The normalized spacial score (nSPS) is 24.7. The minimum atomic E-state index is -0.493. The molecular formula is C20H26N2O5. The van der Waals surface area contributed by atoms with Crippen LogP contribution in [0.4, 0.5) is 0 Å². The molecule has 2 bridgehead atoms. The van der Waals surface area contributed by atoms with E-state index in [4.69, 9.17) is 23.9 Å². The number of fused-ring (bicyclic) bond motifs is 3. The van der Waals surface area contributed by atoms with E-state index >= 15 is 0 Å². The van der Waals surface area contributed by atoms with Crippen LogP contribution in [0.25, 0.3) is 5.65 Å². The lowest BCUT2D eigenvalue weighted by Gasteiger charge is -2.29. The molecule has 0 aromatic carbocycles. The lowest BCUT2D eigenvalue weighted by molar-refractivity contribution is -0.0597. The number of esters is 1. The fraction of sp³-hybridized carbons (Fsp3) is 0.600. The van der Waals surface area contributed by atoms with E-state index in [1.165, 1.54) is 0 Å². The molecule has 7 heteroatoms. The second-order valence-corrected chi connectivity index (χ2v) is 7.83. The first kappa shape index (κ1) is 18.3. The molecule has 2 saturated heterocycles. The van der Waals surface area contributed by atoms with Crippen LogP contribution in [-0.4, -0.2) is 46.9 Å². The number of ether oxygens (including phenoxy) is 4. The van der Waals surface area contributed by atoms with Crippen LogP contribution in [0.1, 0.15) is 56.6 Å². The van der Waals surface area contributed by atoms with Crippen LogP contribution in [-0.2, 0) is 19.8 Å². The van der Waals surface area contributed by atoms with Crippen LogP contribution in [0.15, 0.2) is 18.5 Å². The Balaban J connectivity index is 1.75. The zero-order valence-electron chi connectivity index (χ0n) is 16.2. The second-order valence-electron chi connectivity index (χ2n) is 7.83. The zero-order valence-corrected chi connectivity index (χ0v) is 16.2. The molecule has 0 saturated carbocycles. The van der Waals surface area contributed by atoms with Crippen molar-refractivity contribution in [3.63, 3.8) is 0 Å². The number of carbonyl (C=O) groups is 1. The molecule has 0 aliphatic carbocycles. The number of rotatable bonds is 5. The third-order valence-electron chi connectivity index (χ3n) is 4.87. The Bertz CT molecular complexity index is 855. The number of imidazole rings is 1. The van der Waals surface area contributed by atoms with Gasteiger partial charge in [0.25, 0.3) is 0 Å². The highest BCUT2D eigenvalue weighted by atomic mass is 16.6. The molecule has 0 spiro atoms. The van der Waals surface area contributed by atoms with Crippen molar-refractivity contribution >= 4 is 11.6 Å². The van der Waals surface area contributed by atoms with Crippen molar-refractivity contribution in [1.29, 1.82) is 0 Å². The fourth-order valence-electron chi connectivity index (χ4n) is 3.68. The number of aromatic nitrogens is 2. The van der Waals surface area contributed by atoms with Crippen molar-refractivity contribution in [2.24, 2.45) is 0 Å². The van der Waals surface area contributed by atoms with E-state index in [1.807, 2.05) is 38.3 Å². The van der Waals surface area contributed by atoms with Gasteiger partial charge in [0.2, 0.25) is 0 Å². The fourth-order valence-corrected chi connectivity index (χ4v) is 3.68. The quantitative estimate of drug-likeness (QED) is 0.749. The molecule has 0 radical (unpaired) electrons. The molecular weight excluding hydrogens is 348 g/mol. The summed E-state index contributed by atoms with van der Waals surface area (Å²) in [5, 5.41) is 0. The molecule has 27 heavy (non-hydrogen) atoms. The Kier molecular flexibility index (Phi) is 4.60.